The predicted octanol–water partition coefficient (Wildman–Crippen LogP) is 0.859. The van der Waals surface area contributed by atoms with Gasteiger partial charge in [-0.05, 0) is 6.92 Å². The van der Waals surface area contributed by atoms with Crippen molar-refractivity contribution in [2.24, 2.45) is 7.05 Å². The fraction of sp³-hybridized carbons (Fsp3) is 0.462. The Morgan fingerprint density at radius 2 is 2.21 bits per heavy atom. The summed E-state index contributed by atoms with van der Waals surface area (Å²) in [5.41, 5.74) is 1.94. The third-order valence-electron chi connectivity index (χ3n) is 2.69. The SMILES string of the molecule is COc1cc(C)nc(CNCCc2ncn(C)n2)c1. The first-order valence-corrected chi connectivity index (χ1v) is 6.24. The minimum absolute atomic E-state index is 0.713. The van der Waals surface area contributed by atoms with Crippen molar-refractivity contribution < 1.29 is 4.74 Å². The molecular formula is C13H19N5O. The van der Waals surface area contributed by atoms with E-state index < -0.39 is 0 Å². The van der Waals surface area contributed by atoms with Gasteiger partial charge in [0.2, 0.25) is 0 Å². The van der Waals surface area contributed by atoms with Crippen molar-refractivity contribution in [1.82, 2.24) is 25.1 Å². The lowest BCUT2D eigenvalue weighted by atomic mass is 10.3. The van der Waals surface area contributed by atoms with Crippen LogP contribution in [0.1, 0.15) is 17.2 Å². The van der Waals surface area contributed by atoms with Gasteiger partial charge in [-0.3, -0.25) is 9.67 Å². The number of aromatic nitrogens is 4. The maximum absolute atomic E-state index is 5.22. The molecule has 0 saturated heterocycles. The second-order valence-electron chi connectivity index (χ2n) is 4.40. The molecular weight excluding hydrogens is 242 g/mol. The molecule has 0 unspecified atom stereocenters. The van der Waals surface area contributed by atoms with Gasteiger partial charge in [0.05, 0.1) is 12.8 Å². The minimum atomic E-state index is 0.713. The molecule has 0 aliphatic heterocycles. The van der Waals surface area contributed by atoms with Crippen LogP contribution in [-0.2, 0) is 20.0 Å². The number of hydrogen-bond donors (Lipinski definition) is 1. The van der Waals surface area contributed by atoms with Crippen LogP contribution in [0.15, 0.2) is 18.5 Å². The number of aryl methyl sites for hydroxylation is 2. The monoisotopic (exact) mass is 261 g/mol. The number of nitrogens with one attached hydrogen (secondary N) is 1. The molecule has 0 aliphatic carbocycles. The van der Waals surface area contributed by atoms with Crippen LogP contribution in [0.2, 0.25) is 0 Å². The topological polar surface area (TPSA) is 64.9 Å². The van der Waals surface area contributed by atoms with E-state index in [2.05, 4.69) is 20.4 Å². The molecule has 0 atom stereocenters. The van der Waals surface area contributed by atoms with Crippen LogP contribution in [0.3, 0.4) is 0 Å². The predicted molar refractivity (Wildman–Crippen MR) is 71.9 cm³/mol. The normalized spacial score (nSPS) is 10.7. The van der Waals surface area contributed by atoms with Gasteiger partial charge in [-0.2, -0.15) is 5.10 Å². The van der Waals surface area contributed by atoms with Gasteiger partial charge in [-0.1, -0.05) is 0 Å². The molecule has 2 rings (SSSR count). The highest BCUT2D eigenvalue weighted by molar-refractivity contribution is 5.26. The van der Waals surface area contributed by atoms with E-state index in [0.717, 1.165) is 35.9 Å². The third-order valence-corrected chi connectivity index (χ3v) is 2.69. The summed E-state index contributed by atoms with van der Waals surface area (Å²) in [7, 11) is 3.53. The molecule has 6 nitrogen and oxygen atoms in total. The summed E-state index contributed by atoms with van der Waals surface area (Å²) in [4.78, 5) is 8.63. The van der Waals surface area contributed by atoms with Crippen molar-refractivity contribution in [3.05, 3.63) is 35.7 Å². The average Bonchev–Trinajstić information content (AvgIpc) is 2.80. The summed E-state index contributed by atoms with van der Waals surface area (Å²) in [6.45, 7) is 3.50. The molecule has 0 spiro atoms. The highest BCUT2D eigenvalue weighted by Gasteiger charge is 2.01. The van der Waals surface area contributed by atoms with E-state index in [1.807, 2.05) is 26.1 Å². The van der Waals surface area contributed by atoms with E-state index in [-0.39, 0.29) is 0 Å². The van der Waals surface area contributed by atoms with Crippen molar-refractivity contribution >= 4 is 0 Å². The molecule has 2 heterocycles. The van der Waals surface area contributed by atoms with Crippen LogP contribution < -0.4 is 10.1 Å². The average molecular weight is 261 g/mol. The number of nitrogens with zero attached hydrogens (tertiary/aromatic N) is 4. The van der Waals surface area contributed by atoms with Crippen LogP contribution in [0.4, 0.5) is 0 Å². The first kappa shape index (κ1) is 13.5. The Morgan fingerprint density at radius 3 is 2.89 bits per heavy atom. The highest BCUT2D eigenvalue weighted by Crippen LogP contribution is 2.12. The second-order valence-corrected chi connectivity index (χ2v) is 4.40. The first-order valence-electron chi connectivity index (χ1n) is 6.24. The van der Waals surface area contributed by atoms with Crippen LogP contribution >= 0.6 is 0 Å². The van der Waals surface area contributed by atoms with Crippen LogP contribution in [0, 0.1) is 6.92 Å². The maximum Gasteiger partial charge on any atom is 0.151 e. The number of hydrogen-bond acceptors (Lipinski definition) is 5. The molecule has 0 bridgehead atoms. The standard InChI is InChI=1S/C13H19N5O/c1-10-6-12(19-3)7-11(16-10)8-14-5-4-13-15-9-18(2)17-13/h6-7,9,14H,4-5,8H2,1-3H3. The lowest BCUT2D eigenvalue weighted by Crippen LogP contribution is -2.18. The molecule has 19 heavy (non-hydrogen) atoms. The third kappa shape index (κ3) is 4.03. The molecule has 1 N–H and O–H groups in total. The van der Waals surface area contributed by atoms with Gasteiger partial charge in [0.25, 0.3) is 0 Å². The number of pyridine rings is 1. The van der Waals surface area contributed by atoms with Crippen LogP contribution in [-0.4, -0.2) is 33.4 Å². The molecule has 0 aromatic carbocycles. The molecule has 0 amide bonds. The van der Waals surface area contributed by atoms with Crippen molar-refractivity contribution in [2.75, 3.05) is 13.7 Å². The quantitative estimate of drug-likeness (QED) is 0.781. The zero-order valence-electron chi connectivity index (χ0n) is 11.6. The summed E-state index contributed by atoms with van der Waals surface area (Å²) in [6, 6.07) is 3.86. The summed E-state index contributed by atoms with van der Waals surface area (Å²) in [5.74, 6) is 1.69. The Bertz CT molecular complexity index is 538. The van der Waals surface area contributed by atoms with Gasteiger partial charge < -0.3 is 10.1 Å². The van der Waals surface area contributed by atoms with E-state index in [1.54, 1.807) is 18.1 Å². The van der Waals surface area contributed by atoms with Gasteiger partial charge >= 0.3 is 0 Å². The van der Waals surface area contributed by atoms with Gasteiger partial charge in [0.15, 0.2) is 5.82 Å². The Hall–Kier alpha value is -1.95. The van der Waals surface area contributed by atoms with Gasteiger partial charge in [0, 0.05) is 44.4 Å². The molecule has 0 saturated carbocycles. The van der Waals surface area contributed by atoms with E-state index in [0.29, 0.717) is 6.54 Å². The van der Waals surface area contributed by atoms with Crippen molar-refractivity contribution in [1.29, 1.82) is 0 Å². The lowest BCUT2D eigenvalue weighted by molar-refractivity contribution is 0.412. The number of rotatable bonds is 6. The van der Waals surface area contributed by atoms with E-state index in [9.17, 15) is 0 Å². The Morgan fingerprint density at radius 1 is 1.37 bits per heavy atom. The molecule has 0 aliphatic rings. The second kappa shape index (κ2) is 6.29. The zero-order valence-corrected chi connectivity index (χ0v) is 11.6. The van der Waals surface area contributed by atoms with Crippen LogP contribution in [0.25, 0.3) is 0 Å². The minimum Gasteiger partial charge on any atom is -0.497 e. The molecule has 0 radical (unpaired) electrons. The smallest absolute Gasteiger partial charge is 0.151 e. The highest BCUT2D eigenvalue weighted by atomic mass is 16.5. The van der Waals surface area contributed by atoms with Crippen molar-refractivity contribution in [3.8, 4) is 5.75 Å². The first-order chi connectivity index (χ1) is 9.17. The molecule has 6 heteroatoms. The zero-order chi connectivity index (χ0) is 13.7. The number of ether oxygens (including phenoxy) is 1. The van der Waals surface area contributed by atoms with Crippen LogP contribution in [0.5, 0.6) is 5.75 Å². The van der Waals surface area contributed by atoms with Gasteiger partial charge in [0.1, 0.15) is 12.1 Å². The molecule has 102 valence electrons. The molecule has 0 fully saturated rings. The Kier molecular flexibility index (Phi) is 4.46. The fourth-order valence-electron chi connectivity index (χ4n) is 1.83. The summed E-state index contributed by atoms with van der Waals surface area (Å²) in [5, 5.41) is 7.56. The number of methoxy groups -OCH3 is 1. The summed E-state index contributed by atoms with van der Waals surface area (Å²) < 4.78 is 6.93. The Balaban J connectivity index is 1.80. The van der Waals surface area contributed by atoms with E-state index in [1.165, 1.54) is 0 Å². The Labute approximate surface area is 112 Å². The molecule has 2 aromatic heterocycles. The van der Waals surface area contributed by atoms with Gasteiger partial charge in [-0.15, -0.1) is 0 Å². The molecule has 2 aromatic rings. The van der Waals surface area contributed by atoms with Crippen molar-refractivity contribution in [3.63, 3.8) is 0 Å². The van der Waals surface area contributed by atoms with E-state index in [4.69, 9.17) is 4.74 Å². The summed E-state index contributed by atoms with van der Waals surface area (Å²) in [6.07, 6.45) is 2.52. The summed E-state index contributed by atoms with van der Waals surface area (Å²) >= 11 is 0. The largest absolute Gasteiger partial charge is 0.497 e. The van der Waals surface area contributed by atoms with Crippen molar-refractivity contribution in [2.45, 2.75) is 19.9 Å². The lowest BCUT2D eigenvalue weighted by Gasteiger charge is -2.06. The van der Waals surface area contributed by atoms with Gasteiger partial charge in [-0.25, -0.2) is 4.98 Å². The van der Waals surface area contributed by atoms with E-state index >= 15 is 0 Å². The maximum atomic E-state index is 5.22. The fourth-order valence-corrected chi connectivity index (χ4v) is 1.83.